The van der Waals surface area contributed by atoms with Crippen molar-refractivity contribution in [3.05, 3.63) is 92.4 Å². The fraction of sp³-hybridized carbons (Fsp3) is 0.333. The van der Waals surface area contributed by atoms with E-state index in [1.165, 1.54) is 5.56 Å². The molecule has 36 heavy (non-hydrogen) atoms. The fourth-order valence-corrected chi connectivity index (χ4v) is 4.95. The van der Waals surface area contributed by atoms with E-state index in [0.29, 0.717) is 32.6 Å². The predicted molar refractivity (Wildman–Crippen MR) is 155 cm³/mol. The van der Waals surface area contributed by atoms with E-state index in [1.54, 1.807) is 19.2 Å². The zero-order valence-corrected chi connectivity index (χ0v) is 23.9. The van der Waals surface area contributed by atoms with Crippen LogP contribution >= 0.6 is 59.6 Å². The van der Waals surface area contributed by atoms with Crippen LogP contribution in [-0.4, -0.2) is 31.1 Å². The van der Waals surface area contributed by atoms with Gasteiger partial charge in [0.05, 0.1) is 12.1 Å². The van der Waals surface area contributed by atoms with Gasteiger partial charge >= 0.3 is 0 Å². The Labute approximate surface area is 241 Å². The molecule has 1 N–H and O–H groups in total. The number of nitrogens with zero attached hydrogens (tertiary/aromatic N) is 1. The first kappa shape index (κ1) is 30.9. The number of ether oxygens (including phenoxy) is 2. The van der Waals surface area contributed by atoms with Crippen LogP contribution in [0.5, 0.6) is 11.5 Å². The van der Waals surface area contributed by atoms with Crippen LogP contribution in [-0.2, 0) is 19.7 Å². The van der Waals surface area contributed by atoms with Crippen molar-refractivity contribution in [1.29, 1.82) is 0 Å². The summed E-state index contributed by atoms with van der Waals surface area (Å²) in [4.78, 5) is 2.52. The monoisotopic (exact) mass is 590 g/mol. The van der Waals surface area contributed by atoms with Crippen LogP contribution < -0.4 is 14.8 Å². The molecule has 0 bridgehead atoms. The van der Waals surface area contributed by atoms with Crippen molar-refractivity contribution in [3.63, 3.8) is 0 Å². The Morgan fingerprint density at radius 2 is 1.61 bits per heavy atom. The summed E-state index contributed by atoms with van der Waals surface area (Å²) in [6, 6.07) is 20.4. The van der Waals surface area contributed by atoms with E-state index in [0.717, 1.165) is 50.1 Å². The minimum absolute atomic E-state index is 0. The molecule has 0 saturated carbocycles. The second kappa shape index (κ2) is 15.1. The largest absolute Gasteiger partial charge is 0.493 e. The van der Waals surface area contributed by atoms with Crippen molar-refractivity contribution >= 4 is 59.6 Å². The third-order valence-corrected chi connectivity index (χ3v) is 6.98. The van der Waals surface area contributed by atoms with Crippen molar-refractivity contribution in [2.75, 3.05) is 20.2 Å². The molecule has 1 saturated heterocycles. The van der Waals surface area contributed by atoms with E-state index in [2.05, 4.69) is 40.5 Å². The van der Waals surface area contributed by atoms with Gasteiger partial charge in [0, 0.05) is 34.7 Å². The topological polar surface area (TPSA) is 33.7 Å². The highest BCUT2D eigenvalue weighted by Crippen LogP contribution is 2.37. The van der Waals surface area contributed by atoms with Gasteiger partial charge in [-0.15, -0.1) is 24.8 Å². The molecule has 1 fully saturated rings. The zero-order valence-electron chi connectivity index (χ0n) is 20.0. The van der Waals surface area contributed by atoms with E-state index in [-0.39, 0.29) is 31.4 Å². The summed E-state index contributed by atoms with van der Waals surface area (Å²) in [5.74, 6) is 1.11. The summed E-state index contributed by atoms with van der Waals surface area (Å²) >= 11 is 18.8. The van der Waals surface area contributed by atoms with Gasteiger partial charge in [-0.05, 0) is 61.3 Å². The lowest BCUT2D eigenvalue weighted by Gasteiger charge is -2.32. The fourth-order valence-electron chi connectivity index (χ4n) is 4.20. The maximum absolute atomic E-state index is 6.57. The number of nitrogens with one attached hydrogen (secondary N) is 1. The maximum atomic E-state index is 6.57. The molecule has 4 nitrogen and oxygen atoms in total. The molecule has 0 atom stereocenters. The number of methoxy groups -OCH3 is 1. The van der Waals surface area contributed by atoms with Crippen LogP contribution in [0.15, 0.2) is 60.7 Å². The van der Waals surface area contributed by atoms with Crippen molar-refractivity contribution in [2.24, 2.45) is 0 Å². The lowest BCUT2D eigenvalue weighted by Crippen LogP contribution is -2.41. The van der Waals surface area contributed by atoms with E-state index in [4.69, 9.17) is 44.3 Å². The number of halogens is 5. The first-order valence-electron chi connectivity index (χ1n) is 11.4. The van der Waals surface area contributed by atoms with Crippen LogP contribution in [0, 0.1) is 0 Å². The SMILES string of the molecule is COc1cc(CNC2CCN(Cc3ccccc3)CC2)cc(Cl)c1OCc1ccc(Cl)cc1Cl.Cl.Cl. The van der Waals surface area contributed by atoms with Crippen molar-refractivity contribution in [3.8, 4) is 11.5 Å². The average molecular weight is 593 g/mol. The van der Waals surface area contributed by atoms with Gasteiger partial charge in [-0.3, -0.25) is 4.90 Å². The zero-order chi connectivity index (χ0) is 23.9. The molecule has 1 heterocycles. The number of hydrogen-bond donors (Lipinski definition) is 1. The summed E-state index contributed by atoms with van der Waals surface area (Å²) in [6.45, 7) is 4.20. The first-order valence-corrected chi connectivity index (χ1v) is 12.6. The van der Waals surface area contributed by atoms with Gasteiger partial charge in [0.1, 0.15) is 6.61 Å². The van der Waals surface area contributed by atoms with Gasteiger partial charge in [-0.2, -0.15) is 0 Å². The molecular formula is C27H31Cl5N2O2. The Morgan fingerprint density at radius 3 is 2.28 bits per heavy atom. The van der Waals surface area contributed by atoms with Gasteiger partial charge in [0.15, 0.2) is 11.5 Å². The highest BCUT2D eigenvalue weighted by atomic mass is 35.5. The summed E-state index contributed by atoms with van der Waals surface area (Å²) in [5.41, 5.74) is 3.26. The third-order valence-electron chi connectivity index (χ3n) is 6.11. The molecule has 0 radical (unpaired) electrons. The Morgan fingerprint density at radius 1 is 0.889 bits per heavy atom. The molecule has 3 aromatic rings. The number of likely N-dealkylation sites (tertiary alicyclic amines) is 1. The molecule has 1 aliphatic rings. The lowest BCUT2D eigenvalue weighted by atomic mass is 10.0. The summed E-state index contributed by atoms with van der Waals surface area (Å²) < 4.78 is 11.5. The Balaban J connectivity index is 0.00000228. The molecule has 0 aliphatic carbocycles. The predicted octanol–water partition coefficient (Wildman–Crippen LogP) is 7.83. The van der Waals surface area contributed by atoms with Crippen molar-refractivity contribution in [2.45, 2.75) is 38.6 Å². The lowest BCUT2D eigenvalue weighted by molar-refractivity contribution is 0.190. The van der Waals surface area contributed by atoms with Crippen LogP contribution in [0.25, 0.3) is 0 Å². The molecule has 3 aromatic carbocycles. The van der Waals surface area contributed by atoms with Gasteiger partial charge in [-0.25, -0.2) is 0 Å². The van der Waals surface area contributed by atoms with E-state index >= 15 is 0 Å². The molecule has 9 heteroatoms. The molecular weight excluding hydrogens is 562 g/mol. The minimum atomic E-state index is 0. The van der Waals surface area contributed by atoms with Crippen molar-refractivity contribution in [1.82, 2.24) is 10.2 Å². The summed E-state index contributed by atoms with van der Waals surface area (Å²) in [5, 5.41) is 5.33. The molecule has 4 rings (SSSR count). The standard InChI is InChI=1S/C27H29Cl3N2O2.2ClH/c1-33-26-14-20(13-25(30)27(26)34-18-21-7-8-22(28)15-24(21)29)16-31-23-9-11-32(12-10-23)17-19-5-3-2-4-6-19;;/h2-8,13-15,23,31H,9-12,16-18H2,1H3;2*1H. The second-order valence-electron chi connectivity index (χ2n) is 8.55. The van der Waals surface area contributed by atoms with Crippen LogP contribution in [0.2, 0.25) is 15.1 Å². The molecule has 1 aliphatic heterocycles. The van der Waals surface area contributed by atoms with Gasteiger partial charge in [0.2, 0.25) is 0 Å². The summed E-state index contributed by atoms with van der Waals surface area (Å²) in [7, 11) is 1.62. The quantitative estimate of drug-likeness (QED) is 0.275. The number of hydrogen-bond acceptors (Lipinski definition) is 4. The molecule has 196 valence electrons. The first-order chi connectivity index (χ1) is 16.5. The van der Waals surface area contributed by atoms with E-state index < -0.39 is 0 Å². The van der Waals surface area contributed by atoms with Gasteiger partial charge < -0.3 is 14.8 Å². The van der Waals surface area contributed by atoms with Crippen LogP contribution in [0.1, 0.15) is 29.5 Å². The third kappa shape index (κ3) is 8.59. The Hall–Kier alpha value is -1.37. The van der Waals surface area contributed by atoms with Gasteiger partial charge in [0.25, 0.3) is 0 Å². The molecule has 0 unspecified atom stereocenters. The molecule has 0 aromatic heterocycles. The highest BCUT2D eigenvalue weighted by molar-refractivity contribution is 6.35. The average Bonchev–Trinajstić information content (AvgIpc) is 2.84. The van der Waals surface area contributed by atoms with E-state index in [1.807, 2.05) is 18.2 Å². The normalized spacial score (nSPS) is 14.0. The number of piperidine rings is 1. The highest BCUT2D eigenvalue weighted by Gasteiger charge is 2.19. The van der Waals surface area contributed by atoms with Gasteiger partial charge in [-0.1, -0.05) is 71.2 Å². The van der Waals surface area contributed by atoms with Crippen LogP contribution in [0.4, 0.5) is 0 Å². The number of rotatable bonds is 9. The number of benzene rings is 3. The molecule has 0 amide bonds. The van der Waals surface area contributed by atoms with E-state index in [9.17, 15) is 0 Å². The smallest absolute Gasteiger partial charge is 0.180 e. The second-order valence-corrected chi connectivity index (χ2v) is 9.80. The minimum Gasteiger partial charge on any atom is -0.493 e. The van der Waals surface area contributed by atoms with Crippen LogP contribution in [0.3, 0.4) is 0 Å². The van der Waals surface area contributed by atoms with Crippen molar-refractivity contribution < 1.29 is 9.47 Å². The Bertz CT molecular complexity index is 1090. The molecule has 0 spiro atoms. The summed E-state index contributed by atoms with van der Waals surface area (Å²) in [6.07, 6.45) is 2.25. The maximum Gasteiger partial charge on any atom is 0.180 e. The Kier molecular flexibility index (Phi) is 13.0.